The van der Waals surface area contributed by atoms with Gasteiger partial charge in [0.2, 0.25) is 0 Å². The highest BCUT2D eigenvalue weighted by atomic mass is 32.2. The van der Waals surface area contributed by atoms with E-state index in [0.717, 1.165) is 16.7 Å². The monoisotopic (exact) mass is 280 g/mol. The predicted molar refractivity (Wildman–Crippen MR) is 77.5 cm³/mol. The molecule has 2 rings (SSSR count). The molecule has 0 aliphatic heterocycles. The molecule has 0 saturated carbocycles. The Hall–Kier alpha value is -1.53. The van der Waals surface area contributed by atoms with Gasteiger partial charge in [0.25, 0.3) is 5.69 Å². The van der Waals surface area contributed by atoms with Crippen molar-refractivity contribution in [1.29, 1.82) is 0 Å². The van der Waals surface area contributed by atoms with Gasteiger partial charge in [-0.05, 0) is 24.8 Å². The molecule has 2 aromatic rings. The minimum absolute atomic E-state index is 0.0561. The highest BCUT2D eigenvalue weighted by molar-refractivity contribution is 7.99. The van der Waals surface area contributed by atoms with Gasteiger partial charge in [0.15, 0.2) is 0 Å². The fraction of sp³-hybridized carbons (Fsp3) is 0.385. The number of aliphatic hydroxyl groups is 1. The average molecular weight is 280 g/mol. The molecule has 0 fully saturated rings. The molecule has 19 heavy (non-hydrogen) atoms. The quantitative estimate of drug-likeness (QED) is 0.651. The Bertz CT molecular complexity index is 607. The molecule has 0 radical (unpaired) electrons. The third kappa shape index (κ3) is 2.90. The van der Waals surface area contributed by atoms with Crippen molar-refractivity contribution in [3.8, 4) is 0 Å². The van der Waals surface area contributed by atoms with E-state index in [0.29, 0.717) is 11.4 Å². The zero-order chi connectivity index (χ0) is 14.0. The Labute approximate surface area is 115 Å². The summed E-state index contributed by atoms with van der Waals surface area (Å²) in [5.74, 6) is 1.51. The number of rotatable bonds is 5. The first-order valence-corrected chi connectivity index (χ1v) is 7.17. The maximum atomic E-state index is 10.7. The zero-order valence-electron chi connectivity index (χ0n) is 10.8. The van der Waals surface area contributed by atoms with Crippen molar-refractivity contribution in [2.24, 2.45) is 0 Å². The number of fused-ring (bicyclic) bond motifs is 1. The van der Waals surface area contributed by atoms with Crippen LogP contribution in [0.4, 0.5) is 5.69 Å². The van der Waals surface area contributed by atoms with Crippen LogP contribution in [0, 0.1) is 10.1 Å². The van der Waals surface area contributed by atoms with Gasteiger partial charge < -0.3 is 10.1 Å². The van der Waals surface area contributed by atoms with Crippen LogP contribution in [0.25, 0.3) is 10.9 Å². The summed E-state index contributed by atoms with van der Waals surface area (Å²) in [6.07, 6.45) is 0. The third-order valence-electron chi connectivity index (χ3n) is 2.98. The fourth-order valence-corrected chi connectivity index (χ4v) is 2.66. The van der Waals surface area contributed by atoms with E-state index in [4.69, 9.17) is 0 Å². The van der Waals surface area contributed by atoms with Crippen molar-refractivity contribution < 1.29 is 10.0 Å². The maximum Gasteiger partial charge on any atom is 0.270 e. The van der Waals surface area contributed by atoms with Gasteiger partial charge in [-0.1, -0.05) is 6.92 Å². The maximum absolute atomic E-state index is 10.7. The lowest BCUT2D eigenvalue weighted by Gasteiger charge is -2.21. The van der Waals surface area contributed by atoms with Gasteiger partial charge in [0.05, 0.1) is 4.92 Å². The van der Waals surface area contributed by atoms with Crippen molar-refractivity contribution in [2.45, 2.75) is 19.4 Å². The number of benzene rings is 1. The van der Waals surface area contributed by atoms with Gasteiger partial charge in [-0.3, -0.25) is 10.1 Å². The van der Waals surface area contributed by atoms with Crippen molar-refractivity contribution in [2.75, 3.05) is 11.5 Å². The molecule has 0 saturated heterocycles. The molecule has 1 aromatic carbocycles. The molecule has 0 bridgehead atoms. The summed E-state index contributed by atoms with van der Waals surface area (Å²) in [6, 6.07) is 6.41. The number of aromatic nitrogens is 1. The molecule has 1 aromatic heterocycles. The van der Waals surface area contributed by atoms with E-state index < -0.39 is 10.5 Å². The van der Waals surface area contributed by atoms with Crippen LogP contribution in [0.1, 0.15) is 19.5 Å². The molecule has 5 nitrogen and oxygen atoms in total. The number of nitro benzene ring substituents is 1. The number of aromatic amines is 1. The summed E-state index contributed by atoms with van der Waals surface area (Å²) in [7, 11) is 0. The van der Waals surface area contributed by atoms with Crippen LogP contribution in [0.5, 0.6) is 0 Å². The lowest BCUT2D eigenvalue weighted by molar-refractivity contribution is -0.384. The topological polar surface area (TPSA) is 79.2 Å². The molecular weight excluding hydrogens is 264 g/mol. The van der Waals surface area contributed by atoms with E-state index in [1.165, 1.54) is 12.1 Å². The molecule has 1 unspecified atom stereocenters. The van der Waals surface area contributed by atoms with Crippen LogP contribution in [-0.2, 0) is 5.60 Å². The van der Waals surface area contributed by atoms with E-state index >= 15 is 0 Å². The summed E-state index contributed by atoms with van der Waals surface area (Å²) >= 11 is 1.65. The Balaban J connectivity index is 2.38. The normalized spacial score (nSPS) is 14.5. The molecular formula is C13H16N2O3S. The minimum Gasteiger partial charge on any atom is -0.383 e. The number of nitro groups is 1. The summed E-state index contributed by atoms with van der Waals surface area (Å²) in [5.41, 5.74) is 0.570. The van der Waals surface area contributed by atoms with Crippen molar-refractivity contribution in [3.63, 3.8) is 0 Å². The second kappa shape index (κ2) is 5.22. The summed E-state index contributed by atoms with van der Waals surface area (Å²) in [5, 5.41) is 21.9. The van der Waals surface area contributed by atoms with E-state index in [2.05, 4.69) is 4.98 Å². The van der Waals surface area contributed by atoms with Gasteiger partial charge in [-0.2, -0.15) is 11.8 Å². The highest BCUT2D eigenvalue weighted by Crippen LogP contribution is 2.29. The highest BCUT2D eigenvalue weighted by Gasteiger charge is 2.25. The minimum atomic E-state index is -0.964. The van der Waals surface area contributed by atoms with Gasteiger partial charge in [-0.15, -0.1) is 0 Å². The second-order valence-electron chi connectivity index (χ2n) is 4.62. The number of nitrogens with zero attached hydrogens (tertiary/aromatic N) is 1. The van der Waals surface area contributed by atoms with Gasteiger partial charge >= 0.3 is 0 Å². The summed E-state index contributed by atoms with van der Waals surface area (Å²) in [4.78, 5) is 13.4. The lowest BCUT2D eigenvalue weighted by atomic mass is 10.1. The lowest BCUT2D eigenvalue weighted by Crippen LogP contribution is -2.24. The second-order valence-corrected chi connectivity index (χ2v) is 5.90. The molecule has 1 atom stereocenters. The standard InChI is InChI=1S/C13H16N2O3S/c1-3-19-8-13(2,16)12-7-9-6-10(15(17)18)4-5-11(9)14-12/h4-7,14,16H,3,8H2,1-2H3. The van der Waals surface area contributed by atoms with Gasteiger partial charge in [0, 0.05) is 34.5 Å². The van der Waals surface area contributed by atoms with Crippen molar-refractivity contribution in [3.05, 3.63) is 40.1 Å². The van der Waals surface area contributed by atoms with Gasteiger partial charge in [-0.25, -0.2) is 0 Å². The largest absolute Gasteiger partial charge is 0.383 e. The molecule has 0 spiro atoms. The van der Waals surface area contributed by atoms with Crippen LogP contribution in [-0.4, -0.2) is 26.5 Å². The number of nitrogens with one attached hydrogen (secondary N) is 1. The van der Waals surface area contributed by atoms with Crippen molar-refractivity contribution >= 4 is 28.4 Å². The number of H-pyrrole nitrogens is 1. The van der Waals surface area contributed by atoms with Crippen LogP contribution < -0.4 is 0 Å². The number of hydrogen-bond donors (Lipinski definition) is 2. The number of hydrogen-bond acceptors (Lipinski definition) is 4. The van der Waals surface area contributed by atoms with Crippen LogP contribution >= 0.6 is 11.8 Å². The van der Waals surface area contributed by atoms with Crippen LogP contribution in [0.15, 0.2) is 24.3 Å². The Kier molecular flexibility index (Phi) is 3.82. The van der Waals surface area contributed by atoms with E-state index in [9.17, 15) is 15.2 Å². The summed E-state index contributed by atoms with van der Waals surface area (Å²) < 4.78 is 0. The molecule has 6 heteroatoms. The zero-order valence-corrected chi connectivity index (χ0v) is 11.7. The molecule has 102 valence electrons. The predicted octanol–water partition coefficient (Wildman–Crippen LogP) is 3.04. The van der Waals surface area contributed by atoms with E-state index in [-0.39, 0.29) is 5.69 Å². The first kappa shape index (κ1) is 13.9. The molecule has 0 amide bonds. The first-order valence-electron chi connectivity index (χ1n) is 6.02. The molecule has 0 aliphatic carbocycles. The Morgan fingerprint density at radius 3 is 2.84 bits per heavy atom. The Morgan fingerprint density at radius 1 is 1.47 bits per heavy atom. The molecule has 2 N–H and O–H groups in total. The SMILES string of the molecule is CCSCC(C)(O)c1cc2cc([N+](=O)[O-])ccc2[nH]1. The van der Waals surface area contributed by atoms with Gasteiger partial charge in [0.1, 0.15) is 5.60 Å². The fourth-order valence-electron chi connectivity index (χ4n) is 1.90. The van der Waals surface area contributed by atoms with E-state index in [1.807, 2.05) is 6.92 Å². The van der Waals surface area contributed by atoms with Crippen LogP contribution in [0.2, 0.25) is 0 Å². The van der Waals surface area contributed by atoms with E-state index in [1.54, 1.807) is 30.8 Å². The Morgan fingerprint density at radius 2 is 2.21 bits per heavy atom. The third-order valence-corrected chi connectivity index (χ3v) is 4.16. The molecule has 1 heterocycles. The average Bonchev–Trinajstić information content (AvgIpc) is 2.79. The smallest absolute Gasteiger partial charge is 0.270 e. The first-order chi connectivity index (χ1) is 8.94. The number of thioether (sulfide) groups is 1. The summed E-state index contributed by atoms with van der Waals surface area (Å²) in [6.45, 7) is 3.78. The van der Waals surface area contributed by atoms with Crippen molar-refractivity contribution in [1.82, 2.24) is 4.98 Å². The van der Waals surface area contributed by atoms with Crippen LogP contribution in [0.3, 0.4) is 0 Å². The number of non-ortho nitro benzene ring substituents is 1. The molecule has 0 aliphatic rings.